The van der Waals surface area contributed by atoms with Crippen LogP contribution in [0.3, 0.4) is 0 Å². The molecule has 1 N–H and O–H groups in total. The Morgan fingerprint density at radius 3 is 2.62 bits per heavy atom. The smallest absolute Gasteiger partial charge is 0.123 e. The summed E-state index contributed by atoms with van der Waals surface area (Å²) in [6, 6.07) is 7.03. The fraction of sp³-hybridized carbons (Fsp3) is 0.364. The normalized spacial score (nSPS) is 23.0. The number of piperidine rings is 1. The van der Waals surface area contributed by atoms with Gasteiger partial charge in [-0.3, -0.25) is 0 Å². The zero-order chi connectivity index (χ0) is 9.10. The van der Waals surface area contributed by atoms with Crippen LogP contribution in [-0.4, -0.2) is 6.54 Å². The van der Waals surface area contributed by atoms with Crippen LogP contribution < -0.4 is 5.32 Å². The SMILES string of the molecule is Fc1ccc(C2[CH]CCCN2)cc1. The van der Waals surface area contributed by atoms with Gasteiger partial charge in [0, 0.05) is 6.04 Å². The van der Waals surface area contributed by atoms with Crippen molar-refractivity contribution in [2.24, 2.45) is 0 Å². The summed E-state index contributed by atoms with van der Waals surface area (Å²) in [4.78, 5) is 0. The first-order chi connectivity index (χ1) is 6.36. The Kier molecular flexibility index (Phi) is 2.60. The molecule has 0 saturated carbocycles. The van der Waals surface area contributed by atoms with Gasteiger partial charge < -0.3 is 5.32 Å². The van der Waals surface area contributed by atoms with Gasteiger partial charge in [-0.1, -0.05) is 12.1 Å². The maximum Gasteiger partial charge on any atom is 0.123 e. The average molecular weight is 178 g/mol. The molecule has 1 aromatic carbocycles. The molecule has 0 spiro atoms. The highest BCUT2D eigenvalue weighted by Gasteiger charge is 2.14. The van der Waals surface area contributed by atoms with Crippen LogP contribution >= 0.6 is 0 Å². The van der Waals surface area contributed by atoms with Gasteiger partial charge in [-0.2, -0.15) is 0 Å². The van der Waals surface area contributed by atoms with E-state index in [1.807, 2.05) is 12.1 Å². The standard InChI is InChI=1S/C11H13FN/c12-10-6-4-9(5-7-10)11-3-1-2-8-13-11/h3-7,11,13H,1-2,8H2. The Bertz CT molecular complexity index is 262. The third-order valence-electron chi connectivity index (χ3n) is 2.38. The lowest BCUT2D eigenvalue weighted by Gasteiger charge is -2.23. The lowest BCUT2D eigenvalue weighted by atomic mass is 9.98. The monoisotopic (exact) mass is 178 g/mol. The van der Waals surface area contributed by atoms with Crippen LogP contribution in [-0.2, 0) is 0 Å². The summed E-state index contributed by atoms with van der Waals surface area (Å²) in [5, 5.41) is 3.38. The van der Waals surface area contributed by atoms with E-state index in [2.05, 4.69) is 11.7 Å². The average Bonchev–Trinajstić information content (AvgIpc) is 2.20. The van der Waals surface area contributed by atoms with Crippen LogP contribution in [0.15, 0.2) is 24.3 Å². The van der Waals surface area contributed by atoms with Gasteiger partial charge >= 0.3 is 0 Å². The molecule has 2 heteroatoms. The zero-order valence-corrected chi connectivity index (χ0v) is 7.46. The van der Waals surface area contributed by atoms with E-state index in [9.17, 15) is 4.39 Å². The number of benzene rings is 1. The van der Waals surface area contributed by atoms with E-state index in [0.717, 1.165) is 18.5 Å². The summed E-state index contributed by atoms with van der Waals surface area (Å²) in [6.07, 6.45) is 4.60. The molecule has 0 aliphatic carbocycles. The molecule has 1 fully saturated rings. The summed E-state index contributed by atoms with van der Waals surface area (Å²) >= 11 is 0. The molecule has 0 amide bonds. The Morgan fingerprint density at radius 2 is 2.00 bits per heavy atom. The van der Waals surface area contributed by atoms with Gasteiger partial charge in [0.1, 0.15) is 5.82 Å². The van der Waals surface area contributed by atoms with Crippen molar-refractivity contribution in [3.8, 4) is 0 Å². The number of halogens is 1. The van der Waals surface area contributed by atoms with Gasteiger partial charge in [-0.15, -0.1) is 0 Å². The molecule has 13 heavy (non-hydrogen) atoms. The summed E-state index contributed by atoms with van der Waals surface area (Å²) in [7, 11) is 0. The van der Waals surface area contributed by atoms with Crippen molar-refractivity contribution >= 4 is 0 Å². The second-order valence-corrected chi connectivity index (χ2v) is 3.36. The molecule has 1 aliphatic heterocycles. The molecule has 1 heterocycles. The Balaban J connectivity index is 2.10. The van der Waals surface area contributed by atoms with Crippen LogP contribution in [0, 0.1) is 12.2 Å². The van der Waals surface area contributed by atoms with Gasteiger partial charge in [0.25, 0.3) is 0 Å². The molecule has 1 saturated heterocycles. The zero-order valence-electron chi connectivity index (χ0n) is 7.46. The van der Waals surface area contributed by atoms with Crippen molar-refractivity contribution in [3.05, 3.63) is 42.1 Å². The summed E-state index contributed by atoms with van der Waals surface area (Å²) in [6.45, 7) is 1.05. The highest BCUT2D eigenvalue weighted by Crippen LogP contribution is 2.21. The first kappa shape index (κ1) is 8.70. The lowest BCUT2D eigenvalue weighted by molar-refractivity contribution is 0.498. The van der Waals surface area contributed by atoms with Crippen LogP contribution in [0.4, 0.5) is 4.39 Å². The maximum absolute atomic E-state index is 12.6. The molecule has 1 atom stereocenters. The first-order valence-corrected chi connectivity index (χ1v) is 4.68. The molecule has 1 unspecified atom stereocenters. The van der Waals surface area contributed by atoms with Gasteiger partial charge in [-0.25, -0.2) is 4.39 Å². The van der Waals surface area contributed by atoms with E-state index in [0.29, 0.717) is 6.04 Å². The van der Waals surface area contributed by atoms with Crippen molar-refractivity contribution < 1.29 is 4.39 Å². The van der Waals surface area contributed by atoms with Crippen molar-refractivity contribution in [1.82, 2.24) is 5.32 Å². The number of hydrogen-bond acceptors (Lipinski definition) is 1. The van der Waals surface area contributed by atoms with Crippen LogP contribution in [0.1, 0.15) is 24.4 Å². The maximum atomic E-state index is 12.6. The Hall–Kier alpha value is -0.890. The molecule has 1 aromatic rings. The van der Waals surface area contributed by atoms with Crippen molar-refractivity contribution in [2.45, 2.75) is 18.9 Å². The fourth-order valence-corrected chi connectivity index (χ4v) is 1.65. The second-order valence-electron chi connectivity index (χ2n) is 3.36. The van der Waals surface area contributed by atoms with Gasteiger partial charge in [0.05, 0.1) is 0 Å². The van der Waals surface area contributed by atoms with E-state index in [1.54, 1.807) is 0 Å². The van der Waals surface area contributed by atoms with E-state index in [1.165, 1.54) is 18.6 Å². The topological polar surface area (TPSA) is 12.0 Å². The minimum absolute atomic E-state index is 0.167. The Labute approximate surface area is 78.0 Å². The van der Waals surface area contributed by atoms with Gasteiger partial charge in [0.2, 0.25) is 0 Å². The van der Waals surface area contributed by atoms with Crippen molar-refractivity contribution in [3.63, 3.8) is 0 Å². The summed E-state index contributed by atoms with van der Waals surface area (Å²) < 4.78 is 12.6. The number of hydrogen-bond donors (Lipinski definition) is 1. The van der Waals surface area contributed by atoms with Gasteiger partial charge in [0.15, 0.2) is 0 Å². The van der Waals surface area contributed by atoms with E-state index >= 15 is 0 Å². The predicted octanol–water partition coefficient (Wildman–Crippen LogP) is 2.45. The quantitative estimate of drug-likeness (QED) is 0.696. The third kappa shape index (κ3) is 2.07. The molecule has 0 aromatic heterocycles. The minimum Gasteiger partial charge on any atom is -0.310 e. The molecular weight excluding hydrogens is 165 g/mol. The van der Waals surface area contributed by atoms with Crippen molar-refractivity contribution in [1.29, 1.82) is 0 Å². The molecule has 1 nitrogen and oxygen atoms in total. The minimum atomic E-state index is -0.167. The molecule has 1 aliphatic rings. The first-order valence-electron chi connectivity index (χ1n) is 4.68. The van der Waals surface area contributed by atoms with Crippen LogP contribution in [0.25, 0.3) is 0 Å². The summed E-state index contributed by atoms with van der Waals surface area (Å²) in [5.74, 6) is -0.167. The third-order valence-corrected chi connectivity index (χ3v) is 2.38. The Morgan fingerprint density at radius 1 is 1.23 bits per heavy atom. The van der Waals surface area contributed by atoms with E-state index in [4.69, 9.17) is 0 Å². The number of nitrogens with one attached hydrogen (secondary N) is 1. The fourth-order valence-electron chi connectivity index (χ4n) is 1.65. The molecule has 69 valence electrons. The second kappa shape index (κ2) is 3.88. The molecule has 2 rings (SSSR count). The molecule has 1 radical (unpaired) electrons. The van der Waals surface area contributed by atoms with Gasteiger partial charge in [-0.05, 0) is 43.5 Å². The van der Waals surface area contributed by atoms with Crippen LogP contribution in [0.2, 0.25) is 0 Å². The highest BCUT2D eigenvalue weighted by molar-refractivity contribution is 5.22. The lowest BCUT2D eigenvalue weighted by Crippen LogP contribution is -2.27. The number of rotatable bonds is 1. The largest absolute Gasteiger partial charge is 0.310 e. The van der Waals surface area contributed by atoms with Crippen molar-refractivity contribution in [2.75, 3.05) is 6.54 Å². The predicted molar refractivity (Wildman–Crippen MR) is 50.7 cm³/mol. The van der Waals surface area contributed by atoms with Crippen LogP contribution in [0.5, 0.6) is 0 Å². The highest BCUT2D eigenvalue weighted by atomic mass is 19.1. The summed E-state index contributed by atoms with van der Waals surface area (Å²) in [5.41, 5.74) is 1.15. The van der Waals surface area contributed by atoms with E-state index in [-0.39, 0.29) is 5.82 Å². The molecule has 0 bridgehead atoms. The van der Waals surface area contributed by atoms with E-state index < -0.39 is 0 Å². The molecular formula is C11H13FN.